The van der Waals surface area contributed by atoms with Gasteiger partial charge in [0, 0.05) is 13.0 Å². The van der Waals surface area contributed by atoms with Gasteiger partial charge in [-0.2, -0.15) is 0 Å². The monoisotopic (exact) mass is 456 g/mol. The molecule has 2 atom stereocenters. The van der Waals surface area contributed by atoms with E-state index in [1.807, 2.05) is 43.3 Å². The number of carboxylic acids is 1. The lowest BCUT2D eigenvalue weighted by Gasteiger charge is -2.18. The Kier molecular flexibility index (Phi) is 8.68. The molecular weight excluding hydrogens is 424 g/mol. The Labute approximate surface area is 194 Å². The number of methoxy groups -OCH3 is 2. The van der Waals surface area contributed by atoms with Crippen LogP contribution in [0.15, 0.2) is 36.4 Å². The third kappa shape index (κ3) is 6.24. The van der Waals surface area contributed by atoms with E-state index in [-0.39, 0.29) is 18.4 Å². The fourth-order valence-electron chi connectivity index (χ4n) is 3.98. The van der Waals surface area contributed by atoms with Crippen LogP contribution in [0, 0.1) is 0 Å². The zero-order valence-electron chi connectivity index (χ0n) is 19.3. The first-order chi connectivity index (χ1) is 16.0. The van der Waals surface area contributed by atoms with E-state index in [2.05, 4.69) is 10.6 Å². The molecule has 8 nitrogen and oxygen atoms in total. The lowest BCUT2D eigenvalue weighted by Crippen LogP contribution is -2.49. The molecule has 1 heterocycles. The summed E-state index contributed by atoms with van der Waals surface area (Å²) in [6, 6.07) is 10.1. The van der Waals surface area contributed by atoms with Crippen molar-refractivity contribution in [2.24, 2.45) is 0 Å². The minimum Gasteiger partial charge on any atom is -0.496 e. The van der Waals surface area contributed by atoms with Crippen molar-refractivity contribution in [3.8, 4) is 22.6 Å². The largest absolute Gasteiger partial charge is 0.496 e. The van der Waals surface area contributed by atoms with Crippen LogP contribution in [0.4, 0.5) is 0 Å². The Morgan fingerprint density at radius 2 is 1.79 bits per heavy atom. The maximum absolute atomic E-state index is 12.4. The van der Waals surface area contributed by atoms with Crippen molar-refractivity contribution in [3.63, 3.8) is 0 Å². The molecule has 1 amide bonds. The van der Waals surface area contributed by atoms with E-state index in [1.54, 1.807) is 14.2 Å². The van der Waals surface area contributed by atoms with Gasteiger partial charge in [0.05, 0.1) is 32.4 Å². The van der Waals surface area contributed by atoms with Gasteiger partial charge in [-0.1, -0.05) is 24.3 Å². The molecule has 0 spiro atoms. The molecule has 3 N–H and O–H groups in total. The molecule has 178 valence electrons. The highest BCUT2D eigenvalue weighted by atomic mass is 16.5. The SMILES string of the molecule is CCOCc1cc(OC)c(-c2ccc(C[C@H](NC(=O)[C@@H]3CCCN3)C(=O)O)cc2)c(OC)c1. The maximum Gasteiger partial charge on any atom is 0.326 e. The lowest BCUT2D eigenvalue weighted by molar-refractivity contribution is -0.142. The molecule has 0 unspecified atom stereocenters. The predicted molar refractivity (Wildman–Crippen MR) is 125 cm³/mol. The molecule has 3 rings (SSSR count). The van der Waals surface area contributed by atoms with Crippen LogP contribution in [0.3, 0.4) is 0 Å². The summed E-state index contributed by atoms with van der Waals surface area (Å²) in [6.07, 6.45) is 1.83. The number of ether oxygens (including phenoxy) is 3. The summed E-state index contributed by atoms with van der Waals surface area (Å²) >= 11 is 0. The van der Waals surface area contributed by atoms with E-state index < -0.39 is 12.0 Å². The molecule has 1 aliphatic heterocycles. The summed E-state index contributed by atoms with van der Waals surface area (Å²) < 4.78 is 16.7. The number of hydrogen-bond donors (Lipinski definition) is 3. The number of carbonyl (C=O) groups excluding carboxylic acids is 1. The summed E-state index contributed by atoms with van der Waals surface area (Å²) in [6.45, 7) is 3.79. The van der Waals surface area contributed by atoms with Crippen molar-refractivity contribution in [2.75, 3.05) is 27.4 Å². The number of benzene rings is 2. The highest BCUT2D eigenvalue weighted by Crippen LogP contribution is 2.40. The van der Waals surface area contributed by atoms with Crippen LogP contribution in [0.1, 0.15) is 30.9 Å². The molecule has 0 bridgehead atoms. The number of nitrogens with one attached hydrogen (secondary N) is 2. The fraction of sp³-hybridized carbons (Fsp3) is 0.440. The molecule has 1 saturated heterocycles. The Balaban J connectivity index is 1.78. The van der Waals surface area contributed by atoms with Gasteiger partial charge in [0.25, 0.3) is 0 Å². The fourth-order valence-corrected chi connectivity index (χ4v) is 3.98. The first-order valence-corrected chi connectivity index (χ1v) is 11.1. The molecule has 0 aromatic heterocycles. The summed E-state index contributed by atoms with van der Waals surface area (Å²) in [4.78, 5) is 24.1. The van der Waals surface area contributed by atoms with Gasteiger partial charge in [-0.25, -0.2) is 4.79 Å². The molecular formula is C25H32N2O6. The Bertz CT molecular complexity index is 929. The van der Waals surface area contributed by atoms with Gasteiger partial charge in [-0.15, -0.1) is 0 Å². The highest BCUT2D eigenvalue weighted by molar-refractivity contribution is 5.87. The van der Waals surface area contributed by atoms with E-state index in [9.17, 15) is 14.7 Å². The number of amides is 1. The summed E-state index contributed by atoms with van der Waals surface area (Å²) in [5, 5.41) is 15.4. The van der Waals surface area contributed by atoms with Crippen molar-refractivity contribution < 1.29 is 28.9 Å². The number of rotatable bonds is 11. The second-order valence-corrected chi connectivity index (χ2v) is 7.96. The summed E-state index contributed by atoms with van der Waals surface area (Å²) in [7, 11) is 3.22. The van der Waals surface area contributed by atoms with Crippen molar-refractivity contribution in [3.05, 3.63) is 47.5 Å². The smallest absolute Gasteiger partial charge is 0.326 e. The average molecular weight is 457 g/mol. The maximum atomic E-state index is 12.4. The van der Waals surface area contributed by atoms with Crippen molar-refractivity contribution in [1.82, 2.24) is 10.6 Å². The molecule has 8 heteroatoms. The van der Waals surface area contributed by atoms with Gasteiger partial charge in [-0.3, -0.25) is 4.79 Å². The lowest BCUT2D eigenvalue weighted by atomic mass is 9.98. The first-order valence-electron chi connectivity index (χ1n) is 11.1. The Morgan fingerprint density at radius 3 is 2.30 bits per heavy atom. The van der Waals surface area contributed by atoms with Crippen LogP contribution in [0.2, 0.25) is 0 Å². The van der Waals surface area contributed by atoms with Gasteiger partial charge in [0.1, 0.15) is 17.5 Å². The van der Waals surface area contributed by atoms with Crippen LogP contribution in [0.25, 0.3) is 11.1 Å². The molecule has 0 aliphatic carbocycles. The number of carbonyl (C=O) groups is 2. The Hall–Kier alpha value is -3.10. The van der Waals surface area contributed by atoms with E-state index >= 15 is 0 Å². The van der Waals surface area contributed by atoms with Crippen LogP contribution in [0.5, 0.6) is 11.5 Å². The number of hydrogen-bond acceptors (Lipinski definition) is 6. The second-order valence-electron chi connectivity index (χ2n) is 7.96. The van der Waals surface area contributed by atoms with Gasteiger partial charge in [0.15, 0.2) is 0 Å². The minimum absolute atomic E-state index is 0.190. The quantitative estimate of drug-likeness (QED) is 0.477. The number of carboxylic acid groups (broad SMARTS) is 1. The standard InChI is InChI=1S/C25H32N2O6/c1-4-33-15-17-13-21(31-2)23(22(14-17)32-3)18-9-7-16(8-10-18)12-20(25(29)30)27-24(28)19-6-5-11-26-19/h7-10,13-14,19-20,26H,4-6,11-12,15H2,1-3H3,(H,27,28)(H,29,30)/t19-,20-/m0/s1. The Morgan fingerprint density at radius 1 is 1.12 bits per heavy atom. The third-order valence-electron chi connectivity index (χ3n) is 5.71. The van der Waals surface area contributed by atoms with Gasteiger partial charge in [0.2, 0.25) is 5.91 Å². The molecule has 2 aromatic rings. The molecule has 2 aromatic carbocycles. The molecule has 0 saturated carbocycles. The first kappa shape index (κ1) is 24.5. The minimum atomic E-state index is -1.06. The van der Waals surface area contributed by atoms with E-state index in [1.165, 1.54) is 0 Å². The van der Waals surface area contributed by atoms with E-state index in [0.717, 1.165) is 41.6 Å². The van der Waals surface area contributed by atoms with Crippen LogP contribution < -0.4 is 20.1 Å². The highest BCUT2D eigenvalue weighted by Gasteiger charge is 2.27. The molecule has 33 heavy (non-hydrogen) atoms. The van der Waals surface area contributed by atoms with Crippen molar-refractivity contribution in [1.29, 1.82) is 0 Å². The van der Waals surface area contributed by atoms with Crippen LogP contribution >= 0.6 is 0 Å². The summed E-state index contributed by atoms with van der Waals surface area (Å²) in [5.74, 6) is 0.00451. The molecule has 1 aliphatic rings. The predicted octanol–water partition coefficient (Wildman–Crippen LogP) is 2.77. The second kappa shape index (κ2) is 11.7. The van der Waals surface area contributed by atoms with Gasteiger partial charge < -0.3 is 30.0 Å². The van der Waals surface area contributed by atoms with Crippen LogP contribution in [-0.4, -0.2) is 56.4 Å². The zero-order valence-corrected chi connectivity index (χ0v) is 19.3. The van der Waals surface area contributed by atoms with Crippen LogP contribution in [-0.2, 0) is 27.4 Å². The summed E-state index contributed by atoms with van der Waals surface area (Å²) in [5.41, 5.74) is 3.43. The zero-order chi connectivity index (χ0) is 23.8. The average Bonchev–Trinajstić information content (AvgIpc) is 3.37. The third-order valence-corrected chi connectivity index (χ3v) is 5.71. The van der Waals surface area contributed by atoms with E-state index in [0.29, 0.717) is 24.7 Å². The normalized spacial score (nSPS) is 16.3. The topological polar surface area (TPSA) is 106 Å². The molecule has 0 radical (unpaired) electrons. The van der Waals surface area contributed by atoms with Crippen molar-refractivity contribution in [2.45, 2.75) is 44.9 Å². The molecule has 1 fully saturated rings. The van der Waals surface area contributed by atoms with Gasteiger partial charge >= 0.3 is 5.97 Å². The van der Waals surface area contributed by atoms with E-state index in [4.69, 9.17) is 14.2 Å². The number of aliphatic carboxylic acids is 1. The van der Waals surface area contributed by atoms with Gasteiger partial charge in [-0.05, 0) is 55.1 Å². The van der Waals surface area contributed by atoms with Crippen molar-refractivity contribution >= 4 is 11.9 Å².